The second kappa shape index (κ2) is 3.45. The zero-order valence-corrected chi connectivity index (χ0v) is 5.97. The Kier molecular flexibility index (Phi) is 3.24. The van der Waals surface area contributed by atoms with E-state index in [-0.39, 0.29) is 5.54 Å². The van der Waals surface area contributed by atoms with Crippen molar-refractivity contribution in [1.82, 2.24) is 5.48 Å². The number of carbonyl (C=O) groups excluding carboxylic acids is 1. The van der Waals surface area contributed by atoms with Crippen molar-refractivity contribution in [2.45, 2.75) is 32.7 Å². The predicted molar refractivity (Wildman–Crippen MR) is 33.3 cm³/mol. The van der Waals surface area contributed by atoms with Crippen LogP contribution in [0.3, 0.4) is 0 Å². The van der Waals surface area contributed by atoms with Crippen molar-refractivity contribution in [2.75, 3.05) is 0 Å². The molecule has 0 aromatic carbocycles. The summed E-state index contributed by atoms with van der Waals surface area (Å²) < 4.78 is 0. The Balaban J connectivity index is 3.44. The normalized spacial score (nSPS) is 11.0. The van der Waals surface area contributed by atoms with Crippen LogP contribution in [0.25, 0.3) is 0 Å². The molecule has 0 spiro atoms. The number of nitrogens with zero attached hydrogens (tertiary/aromatic N) is 1. The van der Waals surface area contributed by atoms with Gasteiger partial charge in [-0.05, 0) is 25.7 Å². The average Bonchev–Trinajstić information content (AvgIpc) is 1.84. The largest absolute Gasteiger partial charge is 0.439 e. The fourth-order valence-corrected chi connectivity index (χ4v) is 0.207. The number of hydroxylamine groups is 1. The lowest BCUT2D eigenvalue weighted by atomic mass is 10.0. The van der Waals surface area contributed by atoms with Crippen molar-refractivity contribution in [3.05, 3.63) is 0 Å². The first kappa shape index (κ1) is 8.43. The molecular weight excluding hydrogens is 118 g/mol. The van der Waals surface area contributed by atoms with Gasteiger partial charge >= 0.3 is 6.47 Å². The second-order valence-electron chi connectivity index (χ2n) is 2.43. The first-order chi connectivity index (χ1) is 4.12. The lowest BCUT2D eigenvalue weighted by molar-refractivity contribution is 0.0775. The van der Waals surface area contributed by atoms with E-state index in [1.807, 2.05) is 20.8 Å². The van der Waals surface area contributed by atoms with Crippen molar-refractivity contribution < 1.29 is 9.63 Å². The van der Waals surface area contributed by atoms with E-state index in [0.29, 0.717) is 0 Å². The number of hydrogen-bond acceptors (Lipinski definition) is 2. The summed E-state index contributed by atoms with van der Waals surface area (Å²) in [6, 6.07) is 0. The standard InChI is InChI=1S/C6H11NO2/c1-4-6(2,3)7-9-5-8/h4H2,1-3H3. The molecule has 0 aromatic rings. The molecule has 0 aliphatic heterocycles. The van der Waals surface area contributed by atoms with Gasteiger partial charge in [-0.3, -0.25) is 0 Å². The van der Waals surface area contributed by atoms with E-state index in [9.17, 15) is 4.79 Å². The van der Waals surface area contributed by atoms with E-state index in [0.717, 1.165) is 6.42 Å². The summed E-state index contributed by atoms with van der Waals surface area (Å²) in [7, 11) is 0. The van der Waals surface area contributed by atoms with E-state index in [1.165, 1.54) is 6.47 Å². The molecule has 0 aliphatic rings. The molecule has 0 rings (SSSR count). The van der Waals surface area contributed by atoms with Crippen LogP contribution in [0.4, 0.5) is 0 Å². The maximum Gasteiger partial charge on any atom is 0.439 e. The fourth-order valence-electron chi connectivity index (χ4n) is 0.207. The summed E-state index contributed by atoms with van der Waals surface area (Å²) in [6.07, 6.45) is 0.842. The van der Waals surface area contributed by atoms with Gasteiger partial charge in [0, 0.05) is 0 Å². The Morgan fingerprint density at radius 1 is 1.67 bits per heavy atom. The molecule has 2 radical (unpaired) electrons. The van der Waals surface area contributed by atoms with E-state index in [4.69, 9.17) is 0 Å². The topological polar surface area (TPSA) is 40.4 Å². The average molecular weight is 129 g/mol. The van der Waals surface area contributed by atoms with Crippen molar-refractivity contribution in [2.24, 2.45) is 0 Å². The van der Waals surface area contributed by atoms with Gasteiger partial charge in [0.05, 0.1) is 5.54 Å². The number of rotatable bonds is 4. The van der Waals surface area contributed by atoms with Crippen LogP contribution in [0.5, 0.6) is 0 Å². The maximum atomic E-state index is 9.53. The molecule has 3 nitrogen and oxygen atoms in total. The Morgan fingerprint density at radius 3 is 2.56 bits per heavy atom. The Morgan fingerprint density at radius 2 is 2.22 bits per heavy atom. The van der Waals surface area contributed by atoms with E-state index < -0.39 is 0 Å². The summed E-state index contributed by atoms with van der Waals surface area (Å²) in [4.78, 5) is 13.6. The molecule has 0 amide bonds. The van der Waals surface area contributed by atoms with Crippen molar-refractivity contribution in [3.63, 3.8) is 0 Å². The summed E-state index contributed by atoms with van der Waals surface area (Å²) in [5, 5.41) is 0. The lowest BCUT2D eigenvalue weighted by Gasteiger charge is -2.17. The SMILES string of the molecule is CCC(C)(C)[N]O[C]=O. The van der Waals surface area contributed by atoms with Gasteiger partial charge in [-0.1, -0.05) is 6.92 Å². The molecule has 0 heterocycles. The minimum atomic E-state index is -0.266. The smallest absolute Gasteiger partial charge is 0.340 e. The molecule has 0 atom stereocenters. The van der Waals surface area contributed by atoms with Crippen LogP contribution in [0.1, 0.15) is 27.2 Å². The number of hydrogen-bond donors (Lipinski definition) is 0. The summed E-state index contributed by atoms with van der Waals surface area (Å²) in [6.45, 7) is 6.97. The molecule has 3 heteroatoms. The van der Waals surface area contributed by atoms with Crippen molar-refractivity contribution in [3.8, 4) is 0 Å². The van der Waals surface area contributed by atoms with Crippen LogP contribution in [0.15, 0.2) is 0 Å². The highest BCUT2D eigenvalue weighted by Crippen LogP contribution is 2.07. The van der Waals surface area contributed by atoms with Gasteiger partial charge in [-0.15, -0.1) is 0 Å². The molecular formula is C6H11NO2. The van der Waals surface area contributed by atoms with Gasteiger partial charge in [0.15, 0.2) is 0 Å². The van der Waals surface area contributed by atoms with Gasteiger partial charge in [-0.25, -0.2) is 4.79 Å². The molecule has 0 aromatic heterocycles. The summed E-state index contributed by atoms with van der Waals surface area (Å²) >= 11 is 0. The highest BCUT2D eigenvalue weighted by Gasteiger charge is 2.16. The monoisotopic (exact) mass is 129 g/mol. The molecule has 0 N–H and O–H groups in total. The Hall–Kier alpha value is -0.570. The molecule has 52 valence electrons. The lowest BCUT2D eigenvalue weighted by Crippen LogP contribution is -2.31. The molecule has 0 saturated carbocycles. The van der Waals surface area contributed by atoms with Crippen LogP contribution in [-0.2, 0) is 9.63 Å². The van der Waals surface area contributed by atoms with Crippen LogP contribution in [0.2, 0.25) is 0 Å². The third-order valence-corrected chi connectivity index (χ3v) is 1.20. The molecule has 0 unspecified atom stereocenters. The maximum absolute atomic E-state index is 9.53. The zero-order chi connectivity index (χ0) is 7.33. The molecule has 0 aliphatic carbocycles. The highest BCUT2D eigenvalue weighted by molar-refractivity contribution is 5.37. The van der Waals surface area contributed by atoms with E-state index in [2.05, 4.69) is 10.3 Å². The minimum absolute atomic E-state index is 0.266. The van der Waals surface area contributed by atoms with Crippen molar-refractivity contribution >= 4 is 6.47 Å². The van der Waals surface area contributed by atoms with Crippen LogP contribution >= 0.6 is 0 Å². The quantitative estimate of drug-likeness (QED) is 0.526. The van der Waals surface area contributed by atoms with E-state index >= 15 is 0 Å². The van der Waals surface area contributed by atoms with Gasteiger partial charge in [0.2, 0.25) is 0 Å². The first-order valence-corrected chi connectivity index (χ1v) is 2.88. The summed E-state index contributed by atoms with van der Waals surface area (Å²) in [5.41, 5.74) is 3.30. The van der Waals surface area contributed by atoms with Gasteiger partial charge < -0.3 is 4.84 Å². The fraction of sp³-hybridized carbons (Fsp3) is 0.833. The van der Waals surface area contributed by atoms with Crippen LogP contribution in [0, 0.1) is 0 Å². The molecule has 0 fully saturated rings. The third-order valence-electron chi connectivity index (χ3n) is 1.20. The Labute approximate surface area is 55.3 Å². The van der Waals surface area contributed by atoms with Crippen LogP contribution < -0.4 is 5.48 Å². The van der Waals surface area contributed by atoms with Crippen molar-refractivity contribution in [1.29, 1.82) is 0 Å². The van der Waals surface area contributed by atoms with Gasteiger partial charge in [0.25, 0.3) is 0 Å². The Bertz CT molecular complexity index is 91.1. The zero-order valence-electron chi connectivity index (χ0n) is 5.97. The third kappa shape index (κ3) is 3.97. The van der Waals surface area contributed by atoms with E-state index in [1.54, 1.807) is 0 Å². The predicted octanol–water partition coefficient (Wildman–Crippen LogP) is 0.778. The van der Waals surface area contributed by atoms with Crippen LogP contribution in [-0.4, -0.2) is 12.0 Å². The molecule has 0 bridgehead atoms. The second-order valence-corrected chi connectivity index (χ2v) is 2.43. The van der Waals surface area contributed by atoms with Gasteiger partial charge in [0.1, 0.15) is 0 Å². The molecule has 9 heavy (non-hydrogen) atoms. The summed E-state index contributed by atoms with van der Waals surface area (Å²) in [5.74, 6) is 0. The van der Waals surface area contributed by atoms with Gasteiger partial charge in [-0.2, -0.15) is 0 Å². The highest BCUT2D eigenvalue weighted by atomic mass is 16.7. The minimum Gasteiger partial charge on any atom is -0.340 e. The molecule has 0 saturated heterocycles. The first-order valence-electron chi connectivity index (χ1n) is 2.88.